The second-order valence-corrected chi connectivity index (χ2v) is 4.01. The van der Waals surface area contributed by atoms with Crippen molar-refractivity contribution in [2.24, 2.45) is 0 Å². The van der Waals surface area contributed by atoms with Gasteiger partial charge in [-0.1, -0.05) is 0 Å². The fourth-order valence-electron chi connectivity index (χ4n) is 1.15. The molecule has 0 saturated carbocycles. The van der Waals surface area contributed by atoms with E-state index in [1.807, 2.05) is 6.07 Å². The highest BCUT2D eigenvalue weighted by molar-refractivity contribution is 9.10. The third kappa shape index (κ3) is 4.11. The first-order chi connectivity index (χ1) is 6.58. The van der Waals surface area contributed by atoms with Crippen molar-refractivity contribution in [1.29, 1.82) is 0 Å². The zero-order valence-electron chi connectivity index (χ0n) is 7.75. The molecule has 1 rings (SSSR count). The molecule has 0 unspecified atom stereocenters. The molecule has 0 spiro atoms. The molecule has 0 aromatic carbocycles. The van der Waals surface area contributed by atoms with E-state index < -0.39 is 6.43 Å². The predicted octanol–water partition coefficient (Wildman–Crippen LogP) is 2.54. The average molecular weight is 265 g/mol. The van der Waals surface area contributed by atoms with Gasteiger partial charge in [0.1, 0.15) is 0 Å². The lowest BCUT2D eigenvalue weighted by Gasteiger charge is -2.15. The predicted molar refractivity (Wildman–Crippen MR) is 54.3 cm³/mol. The number of pyridine rings is 1. The van der Waals surface area contributed by atoms with Crippen LogP contribution in [-0.4, -0.2) is 29.9 Å². The van der Waals surface area contributed by atoms with Crippen LogP contribution in [0, 0.1) is 0 Å². The molecular formula is C9H11BrF2N2. The lowest BCUT2D eigenvalue weighted by Crippen LogP contribution is -2.24. The Hall–Kier alpha value is -0.550. The van der Waals surface area contributed by atoms with Crippen LogP contribution in [0.2, 0.25) is 0 Å². The maximum Gasteiger partial charge on any atom is 0.251 e. The van der Waals surface area contributed by atoms with Gasteiger partial charge in [-0.05, 0) is 34.6 Å². The SMILES string of the molecule is CN(Cc1cncc(Br)c1)CC(F)F. The van der Waals surface area contributed by atoms with Gasteiger partial charge in [0.2, 0.25) is 0 Å². The van der Waals surface area contributed by atoms with Crippen LogP contribution in [0.5, 0.6) is 0 Å². The van der Waals surface area contributed by atoms with Gasteiger partial charge in [-0.15, -0.1) is 0 Å². The van der Waals surface area contributed by atoms with E-state index in [1.165, 1.54) is 0 Å². The molecule has 0 amide bonds. The molecule has 2 nitrogen and oxygen atoms in total. The van der Waals surface area contributed by atoms with Gasteiger partial charge in [-0.3, -0.25) is 9.88 Å². The van der Waals surface area contributed by atoms with Gasteiger partial charge < -0.3 is 0 Å². The first kappa shape index (κ1) is 11.5. The topological polar surface area (TPSA) is 16.1 Å². The lowest BCUT2D eigenvalue weighted by molar-refractivity contribution is 0.0975. The summed E-state index contributed by atoms with van der Waals surface area (Å²) in [5.41, 5.74) is 0.919. The quantitative estimate of drug-likeness (QED) is 0.831. The van der Waals surface area contributed by atoms with E-state index in [9.17, 15) is 8.78 Å². The first-order valence-electron chi connectivity index (χ1n) is 4.14. The zero-order chi connectivity index (χ0) is 10.6. The van der Waals surface area contributed by atoms with Crippen molar-refractivity contribution in [3.8, 4) is 0 Å². The van der Waals surface area contributed by atoms with Crippen molar-refractivity contribution >= 4 is 15.9 Å². The minimum Gasteiger partial charge on any atom is -0.296 e. The van der Waals surface area contributed by atoms with Crippen LogP contribution in [0.15, 0.2) is 22.9 Å². The third-order valence-corrected chi connectivity index (χ3v) is 2.10. The summed E-state index contributed by atoms with van der Waals surface area (Å²) >= 11 is 3.27. The van der Waals surface area contributed by atoms with Crippen LogP contribution in [0.25, 0.3) is 0 Å². The van der Waals surface area contributed by atoms with E-state index in [-0.39, 0.29) is 6.54 Å². The first-order valence-corrected chi connectivity index (χ1v) is 4.93. The maximum atomic E-state index is 12.0. The zero-order valence-corrected chi connectivity index (χ0v) is 9.34. The van der Waals surface area contributed by atoms with E-state index in [0.29, 0.717) is 6.54 Å². The Labute approximate surface area is 90.1 Å². The van der Waals surface area contributed by atoms with Gasteiger partial charge in [0.05, 0.1) is 6.54 Å². The monoisotopic (exact) mass is 264 g/mol. The number of hydrogen-bond acceptors (Lipinski definition) is 2. The summed E-state index contributed by atoms with van der Waals surface area (Å²) in [4.78, 5) is 5.52. The van der Waals surface area contributed by atoms with Crippen molar-refractivity contribution in [3.05, 3.63) is 28.5 Å². The average Bonchev–Trinajstić information content (AvgIpc) is 2.01. The second-order valence-electron chi connectivity index (χ2n) is 3.10. The molecule has 1 aromatic rings. The Morgan fingerprint density at radius 2 is 2.21 bits per heavy atom. The van der Waals surface area contributed by atoms with E-state index >= 15 is 0 Å². The van der Waals surface area contributed by atoms with E-state index in [4.69, 9.17) is 0 Å². The molecule has 0 aliphatic heterocycles. The smallest absolute Gasteiger partial charge is 0.251 e. The van der Waals surface area contributed by atoms with Crippen molar-refractivity contribution < 1.29 is 8.78 Å². The van der Waals surface area contributed by atoms with Gasteiger partial charge in [-0.2, -0.15) is 0 Å². The van der Waals surface area contributed by atoms with Crippen LogP contribution in [-0.2, 0) is 6.54 Å². The molecule has 0 aliphatic carbocycles. The van der Waals surface area contributed by atoms with Crippen LogP contribution < -0.4 is 0 Å². The van der Waals surface area contributed by atoms with Gasteiger partial charge >= 0.3 is 0 Å². The summed E-state index contributed by atoms with van der Waals surface area (Å²) in [6, 6.07) is 1.87. The van der Waals surface area contributed by atoms with Gasteiger partial charge in [0, 0.05) is 23.4 Å². The molecule has 0 N–H and O–H groups in total. The summed E-state index contributed by atoms with van der Waals surface area (Å²) in [6.45, 7) is 0.267. The fraction of sp³-hybridized carbons (Fsp3) is 0.444. The number of hydrogen-bond donors (Lipinski definition) is 0. The molecule has 0 bridgehead atoms. The summed E-state index contributed by atoms with van der Waals surface area (Å²) in [6.07, 6.45) is 1.05. The second kappa shape index (κ2) is 5.36. The summed E-state index contributed by atoms with van der Waals surface area (Å²) in [5.74, 6) is 0. The van der Waals surface area contributed by atoms with Gasteiger partial charge in [-0.25, -0.2) is 8.78 Å². The fourth-order valence-corrected chi connectivity index (χ4v) is 1.57. The van der Waals surface area contributed by atoms with Gasteiger partial charge in [0.15, 0.2) is 0 Å². The molecule has 0 atom stereocenters. The molecule has 0 aliphatic rings. The van der Waals surface area contributed by atoms with Gasteiger partial charge in [0.25, 0.3) is 6.43 Å². The molecule has 78 valence electrons. The normalized spacial score (nSPS) is 11.3. The molecule has 14 heavy (non-hydrogen) atoms. The highest BCUT2D eigenvalue weighted by Gasteiger charge is 2.08. The minimum absolute atomic E-state index is 0.216. The Bertz CT molecular complexity index is 294. The van der Waals surface area contributed by atoms with Crippen molar-refractivity contribution in [1.82, 2.24) is 9.88 Å². The number of rotatable bonds is 4. The molecule has 0 fully saturated rings. The van der Waals surface area contributed by atoms with Crippen molar-refractivity contribution in [2.45, 2.75) is 13.0 Å². The Balaban J connectivity index is 2.51. The van der Waals surface area contributed by atoms with Crippen LogP contribution in [0.1, 0.15) is 5.56 Å². The molecule has 5 heteroatoms. The Morgan fingerprint density at radius 1 is 1.50 bits per heavy atom. The number of alkyl halides is 2. The molecule has 0 saturated heterocycles. The summed E-state index contributed by atoms with van der Waals surface area (Å²) < 4.78 is 24.9. The van der Waals surface area contributed by atoms with Crippen LogP contribution in [0.3, 0.4) is 0 Å². The largest absolute Gasteiger partial charge is 0.296 e. The standard InChI is InChI=1S/C9H11BrF2N2/c1-14(6-9(11)12)5-7-2-8(10)4-13-3-7/h2-4,9H,5-6H2,1H3. The lowest BCUT2D eigenvalue weighted by atomic mass is 10.3. The summed E-state index contributed by atoms with van der Waals surface area (Å²) in [5, 5.41) is 0. The Kier molecular flexibility index (Phi) is 4.41. The Morgan fingerprint density at radius 3 is 2.79 bits per heavy atom. The molecule has 0 radical (unpaired) electrons. The van der Waals surface area contributed by atoms with E-state index in [2.05, 4.69) is 20.9 Å². The highest BCUT2D eigenvalue weighted by atomic mass is 79.9. The number of aromatic nitrogens is 1. The highest BCUT2D eigenvalue weighted by Crippen LogP contribution is 2.11. The number of nitrogens with zero attached hydrogens (tertiary/aromatic N) is 2. The van der Waals surface area contributed by atoms with Crippen LogP contribution >= 0.6 is 15.9 Å². The van der Waals surface area contributed by atoms with E-state index in [1.54, 1.807) is 24.3 Å². The maximum absolute atomic E-state index is 12.0. The molecule has 1 aromatic heterocycles. The third-order valence-electron chi connectivity index (χ3n) is 1.66. The van der Waals surface area contributed by atoms with E-state index in [0.717, 1.165) is 10.0 Å². The molecule has 1 heterocycles. The van der Waals surface area contributed by atoms with Crippen molar-refractivity contribution in [2.75, 3.05) is 13.6 Å². The molecular weight excluding hydrogens is 254 g/mol. The minimum atomic E-state index is -2.29. The van der Waals surface area contributed by atoms with Crippen LogP contribution in [0.4, 0.5) is 8.78 Å². The number of halogens is 3. The summed E-state index contributed by atoms with van der Waals surface area (Å²) in [7, 11) is 1.66. The van der Waals surface area contributed by atoms with Crippen molar-refractivity contribution in [3.63, 3.8) is 0 Å².